The van der Waals surface area contributed by atoms with Crippen LogP contribution in [0.1, 0.15) is 4.88 Å². The standard InChI is InChI=1S/C21H21NO3S2/c1-24-17-8-5-15(6-9-17)19-12-16(7-10-20(19)25-2)22-21(23)14-26-13-18-4-3-11-27-18/h3-12H,13-14H2,1-2H3,(H,22,23). The van der Waals surface area contributed by atoms with Gasteiger partial charge in [0.2, 0.25) is 5.91 Å². The molecule has 0 aliphatic rings. The Bertz CT molecular complexity index is 877. The van der Waals surface area contributed by atoms with Crippen molar-refractivity contribution in [3.8, 4) is 22.6 Å². The molecule has 1 aromatic heterocycles. The van der Waals surface area contributed by atoms with Gasteiger partial charge in [-0.15, -0.1) is 23.1 Å². The number of anilines is 1. The van der Waals surface area contributed by atoms with E-state index >= 15 is 0 Å². The van der Waals surface area contributed by atoms with Crippen molar-refractivity contribution in [2.75, 3.05) is 25.3 Å². The summed E-state index contributed by atoms with van der Waals surface area (Å²) < 4.78 is 10.7. The van der Waals surface area contributed by atoms with Gasteiger partial charge in [0, 0.05) is 21.9 Å². The van der Waals surface area contributed by atoms with E-state index in [1.807, 2.05) is 53.9 Å². The number of ether oxygens (including phenoxy) is 2. The highest BCUT2D eigenvalue weighted by Crippen LogP contribution is 2.33. The molecule has 0 bridgehead atoms. The second-order valence-corrected chi connectivity index (χ2v) is 7.78. The molecule has 0 atom stereocenters. The van der Waals surface area contributed by atoms with Crippen LogP contribution >= 0.6 is 23.1 Å². The number of amides is 1. The smallest absolute Gasteiger partial charge is 0.234 e. The van der Waals surface area contributed by atoms with E-state index in [4.69, 9.17) is 9.47 Å². The van der Waals surface area contributed by atoms with Gasteiger partial charge in [0.05, 0.1) is 20.0 Å². The minimum atomic E-state index is -0.0117. The number of thiophene rings is 1. The van der Waals surface area contributed by atoms with Gasteiger partial charge in [-0.1, -0.05) is 18.2 Å². The van der Waals surface area contributed by atoms with Gasteiger partial charge in [-0.3, -0.25) is 4.79 Å². The predicted molar refractivity (Wildman–Crippen MR) is 114 cm³/mol. The molecule has 0 saturated carbocycles. The maximum absolute atomic E-state index is 12.3. The van der Waals surface area contributed by atoms with Gasteiger partial charge in [-0.05, 0) is 47.3 Å². The van der Waals surface area contributed by atoms with Crippen LogP contribution in [0.2, 0.25) is 0 Å². The van der Waals surface area contributed by atoms with Crippen LogP contribution in [-0.2, 0) is 10.5 Å². The average molecular weight is 400 g/mol. The molecule has 140 valence electrons. The molecule has 3 rings (SSSR count). The molecule has 0 fully saturated rings. The van der Waals surface area contributed by atoms with Gasteiger partial charge >= 0.3 is 0 Å². The van der Waals surface area contributed by atoms with Gasteiger partial charge < -0.3 is 14.8 Å². The first kappa shape index (κ1) is 19.3. The fourth-order valence-corrected chi connectivity index (χ4v) is 4.29. The van der Waals surface area contributed by atoms with Crippen LogP contribution in [0.3, 0.4) is 0 Å². The van der Waals surface area contributed by atoms with Gasteiger partial charge in [-0.25, -0.2) is 0 Å². The highest BCUT2D eigenvalue weighted by molar-refractivity contribution is 7.99. The van der Waals surface area contributed by atoms with Crippen molar-refractivity contribution in [2.45, 2.75) is 5.75 Å². The lowest BCUT2D eigenvalue weighted by atomic mass is 10.0. The Kier molecular flexibility index (Phi) is 6.79. The maximum Gasteiger partial charge on any atom is 0.234 e. The van der Waals surface area contributed by atoms with Crippen molar-refractivity contribution in [2.24, 2.45) is 0 Å². The Labute approximate surface area is 167 Å². The van der Waals surface area contributed by atoms with Crippen molar-refractivity contribution in [1.29, 1.82) is 0 Å². The third kappa shape index (κ3) is 5.28. The molecular weight excluding hydrogens is 378 g/mol. The number of rotatable bonds is 8. The molecule has 27 heavy (non-hydrogen) atoms. The van der Waals surface area contributed by atoms with Crippen LogP contribution in [0.25, 0.3) is 11.1 Å². The molecule has 6 heteroatoms. The van der Waals surface area contributed by atoms with E-state index in [9.17, 15) is 4.79 Å². The molecule has 4 nitrogen and oxygen atoms in total. The molecule has 0 aliphatic heterocycles. The third-order valence-electron chi connectivity index (χ3n) is 3.94. The maximum atomic E-state index is 12.3. The van der Waals surface area contributed by atoms with E-state index in [1.54, 1.807) is 37.3 Å². The molecule has 0 unspecified atom stereocenters. The molecule has 3 aromatic rings. The molecule has 1 N–H and O–H groups in total. The van der Waals surface area contributed by atoms with Crippen LogP contribution in [0, 0.1) is 0 Å². The highest BCUT2D eigenvalue weighted by Gasteiger charge is 2.10. The van der Waals surface area contributed by atoms with Crippen LogP contribution in [0.5, 0.6) is 11.5 Å². The lowest BCUT2D eigenvalue weighted by Crippen LogP contribution is -2.14. The second-order valence-electron chi connectivity index (χ2n) is 5.76. The van der Waals surface area contributed by atoms with Gasteiger partial charge in [0.1, 0.15) is 11.5 Å². The number of carbonyl (C=O) groups excluding carboxylic acids is 1. The Hall–Kier alpha value is -2.44. The van der Waals surface area contributed by atoms with Crippen molar-refractivity contribution in [3.05, 3.63) is 64.9 Å². The van der Waals surface area contributed by atoms with E-state index in [2.05, 4.69) is 11.4 Å². The number of benzene rings is 2. The van der Waals surface area contributed by atoms with Crippen molar-refractivity contribution >= 4 is 34.7 Å². The van der Waals surface area contributed by atoms with E-state index in [0.29, 0.717) is 5.75 Å². The van der Waals surface area contributed by atoms with Crippen LogP contribution in [-0.4, -0.2) is 25.9 Å². The summed E-state index contributed by atoms with van der Waals surface area (Å²) in [6.45, 7) is 0. The van der Waals surface area contributed by atoms with Crippen molar-refractivity contribution in [3.63, 3.8) is 0 Å². The molecule has 1 heterocycles. The summed E-state index contributed by atoms with van der Waals surface area (Å²) in [7, 11) is 3.28. The van der Waals surface area contributed by atoms with Crippen LogP contribution in [0.15, 0.2) is 60.0 Å². The van der Waals surface area contributed by atoms with E-state index in [1.165, 1.54) is 4.88 Å². The van der Waals surface area contributed by atoms with Gasteiger partial charge in [0.15, 0.2) is 0 Å². The SMILES string of the molecule is COc1ccc(-c2cc(NC(=O)CSCc3cccs3)ccc2OC)cc1. The first-order valence-corrected chi connectivity index (χ1v) is 10.5. The predicted octanol–water partition coefficient (Wildman–Crippen LogP) is 5.30. The van der Waals surface area contributed by atoms with Gasteiger partial charge in [0.25, 0.3) is 0 Å². The number of hydrogen-bond acceptors (Lipinski definition) is 5. The summed E-state index contributed by atoms with van der Waals surface area (Å²) >= 11 is 3.32. The number of thioether (sulfide) groups is 1. The Morgan fingerprint density at radius 3 is 2.56 bits per heavy atom. The Morgan fingerprint density at radius 2 is 1.89 bits per heavy atom. The molecule has 0 spiro atoms. The van der Waals surface area contributed by atoms with Crippen molar-refractivity contribution < 1.29 is 14.3 Å². The summed E-state index contributed by atoms with van der Waals surface area (Å²) in [6, 6.07) is 17.5. The zero-order chi connectivity index (χ0) is 19.1. The lowest BCUT2D eigenvalue weighted by molar-refractivity contribution is -0.113. The number of nitrogens with one attached hydrogen (secondary N) is 1. The number of hydrogen-bond donors (Lipinski definition) is 1. The van der Waals surface area contributed by atoms with Crippen molar-refractivity contribution in [1.82, 2.24) is 0 Å². The first-order chi connectivity index (χ1) is 13.2. The van der Waals surface area contributed by atoms with Gasteiger partial charge in [-0.2, -0.15) is 0 Å². The lowest BCUT2D eigenvalue weighted by Gasteiger charge is -2.12. The largest absolute Gasteiger partial charge is 0.497 e. The van der Waals surface area contributed by atoms with Crippen LogP contribution in [0.4, 0.5) is 5.69 Å². The number of methoxy groups -OCH3 is 2. The molecule has 0 radical (unpaired) electrons. The normalized spacial score (nSPS) is 10.4. The fraction of sp³-hybridized carbons (Fsp3) is 0.190. The summed E-state index contributed by atoms with van der Waals surface area (Å²) in [4.78, 5) is 13.5. The topological polar surface area (TPSA) is 47.6 Å². The molecule has 0 aliphatic carbocycles. The second kappa shape index (κ2) is 9.48. The Morgan fingerprint density at radius 1 is 1.07 bits per heavy atom. The minimum Gasteiger partial charge on any atom is -0.497 e. The zero-order valence-corrected chi connectivity index (χ0v) is 16.9. The minimum absolute atomic E-state index is 0.0117. The van der Waals surface area contributed by atoms with E-state index in [-0.39, 0.29) is 5.91 Å². The molecule has 0 saturated heterocycles. The summed E-state index contributed by atoms with van der Waals surface area (Å²) in [5.74, 6) is 2.81. The number of carbonyl (C=O) groups is 1. The molecular formula is C21H21NO3S2. The molecule has 2 aromatic carbocycles. The van der Waals surface area contributed by atoms with E-state index < -0.39 is 0 Å². The summed E-state index contributed by atoms with van der Waals surface area (Å²) in [6.07, 6.45) is 0. The first-order valence-electron chi connectivity index (χ1n) is 8.42. The Balaban J connectivity index is 1.67. The molecule has 1 amide bonds. The van der Waals surface area contributed by atoms with E-state index in [0.717, 1.165) is 34.1 Å². The fourth-order valence-electron chi connectivity index (χ4n) is 2.62. The average Bonchev–Trinajstić information content (AvgIpc) is 3.21. The highest BCUT2D eigenvalue weighted by atomic mass is 32.2. The third-order valence-corrected chi connectivity index (χ3v) is 5.98. The zero-order valence-electron chi connectivity index (χ0n) is 15.2. The quantitative estimate of drug-likeness (QED) is 0.558. The summed E-state index contributed by atoms with van der Waals surface area (Å²) in [5, 5.41) is 5.02. The van der Waals surface area contributed by atoms with Crippen LogP contribution < -0.4 is 14.8 Å². The monoisotopic (exact) mass is 399 g/mol. The summed E-state index contributed by atoms with van der Waals surface area (Å²) in [5.41, 5.74) is 2.67.